The molecule has 4 nitrogen and oxygen atoms in total. The van der Waals surface area contributed by atoms with Crippen molar-refractivity contribution >= 4 is 12.6 Å². The van der Waals surface area contributed by atoms with Crippen LogP contribution in [0.4, 0.5) is 4.39 Å². The Balaban J connectivity index is 2.14. The zero-order valence-electron chi connectivity index (χ0n) is 11.2. The molecular weight excluding hydrogens is 248 g/mol. The second kappa shape index (κ2) is 6.01. The molecule has 2 unspecified atom stereocenters. The SMILES string of the molecule is CC1CN(Cc2ccc(F)cc2B(O)O)CC(C)O1. The number of benzene rings is 1. The molecule has 6 heteroatoms. The normalized spacial score (nSPS) is 24.5. The van der Waals surface area contributed by atoms with Gasteiger partial charge in [-0.05, 0) is 37.0 Å². The maximum Gasteiger partial charge on any atom is 0.488 e. The summed E-state index contributed by atoms with van der Waals surface area (Å²) < 4.78 is 18.8. The first-order valence-electron chi connectivity index (χ1n) is 6.48. The first-order valence-corrected chi connectivity index (χ1v) is 6.48. The van der Waals surface area contributed by atoms with Crippen LogP contribution in [0.25, 0.3) is 0 Å². The molecule has 0 spiro atoms. The van der Waals surface area contributed by atoms with Crippen LogP contribution in [0.3, 0.4) is 0 Å². The van der Waals surface area contributed by atoms with E-state index in [0.29, 0.717) is 6.54 Å². The number of hydrogen-bond donors (Lipinski definition) is 2. The molecule has 0 bridgehead atoms. The highest BCUT2D eigenvalue weighted by Gasteiger charge is 2.24. The van der Waals surface area contributed by atoms with E-state index in [2.05, 4.69) is 4.90 Å². The number of rotatable bonds is 3. The van der Waals surface area contributed by atoms with Gasteiger partial charge in [-0.15, -0.1) is 0 Å². The van der Waals surface area contributed by atoms with E-state index in [9.17, 15) is 14.4 Å². The zero-order valence-corrected chi connectivity index (χ0v) is 11.2. The number of hydrogen-bond acceptors (Lipinski definition) is 4. The summed E-state index contributed by atoms with van der Waals surface area (Å²) in [5.41, 5.74) is 0.962. The third kappa shape index (κ3) is 3.76. The molecule has 1 saturated heterocycles. The number of morpholine rings is 1. The van der Waals surface area contributed by atoms with Crippen LogP contribution in [0.5, 0.6) is 0 Å². The molecule has 1 fully saturated rings. The molecule has 0 aromatic heterocycles. The molecule has 1 aromatic rings. The molecule has 2 atom stereocenters. The summed E-state index contributed by atoms with van der Waals surface area (Å²) in [4.78, 5) is 2.18. The first kappa shape index (κ1) is 14.5. The zero-order chi connectivity index (χ0) is 14.0. The Morgan fingerprint density at radius 1 is 1.32 bits per heavy atom. The lowest BCUT2D eigenvalue weighted by molar-refractivity contribution is -0.0704. The molecule has 1 aromatic carbocycles. The highest BCUT2D eigenvalue weighted by Crippen LogP contribution is 2.14. The van der Waals surface area contributed by atoms with Crippen molar-refractivity contribution < 1.29 is 19.2 Å². The predicted octanol–water partition coefficient (Wildman–Crippen LogP) is 0.115. The summed E-state index contributed by atoms with van der Waals surface area (Å²) in [6, 6.07) is 4.12. The van der Waals surface area contributed by atoms with Gasteiger partial charge >= 0.3 is 7.12 Å². The fourth-order valence-corrected chi connectivity index (χ4v) is 2.60. The molecule has 0 saturated carbocycles. The van der Waals surface area contributed by atoms with Crippen molar-refractivity contribution in [1.82, 2.24) is 4.90 Å². The summed E-state index contributed by atoms with van der Waals surface area (Å²) in [5.74, 6) is -0.462. The van der Waals surface area contributed by atoms with Crippen molar-refractivity contribution in [2.75, 3.05) is 13.1 Å². The first-order chi connectivity index (χ1) is 8.95. The molecule has 1 aliphatic heterocycles. The summed E-state index contributed by atoms with van der Waals surface area (Å²) >= 11 is 0. The van der Waals surface area contributed by atoms with Crippen molar-refractivity contribution in [2.45, 2.75) is 32.6 Å². The molecule has 1 heterocycles. The lowest BCUT2D eigenvalue weighted by atomic mass is 9.77. The fraction of sp³-hybridized carbons (Fsp3) is 0.538. The monoisotopic (exact) mass is 267 g/mol. The Morgan fingerprint density at radius 2 is 1.95 bits per heavy atom. The Bertz CT molecular complexity index is 434. The summed E-state index contributed by atoms with van der Waals surface area (Å²) in [5, 5.41) is 18.6. The van der Waals surface area contributed by atoms with Gasteiger partial charge in [-0.3, -0.25) is 4.90 Å². The predicted molar refractivity (Wildman–Crippen MR) is 71.5 cm³/mol. The summed E-state index contributed by atoms with van der Waals surface area (Å²) in [7, 11) is -1.65. The van der Waals surface area contributed by atoms with E-state index in [1.165, 1.54) is 12.1 Å². The fourth-order valence-electron chi connectivity index (χ4n) is 2.60. The molecular formula is C13H19BFNO3. The summed E-state index contributed by atoms with van der Waals surface area (Å²) in [6.07, 6.45) is 0.290. The lowest BCUT2D eigenvalue weighted by Crippen LogP contribution is -2.46. The van der Waals surface area contributed by atoms with E-state index in [1.807, 2.05) is 13.8 Å². The van der Waals surface area contributed by atoms with Gasteiger partial charge in [0.1, 0.15) is 5.82 Å². The van der Waals surface area contributed by atoms with E-state index in [-0.39, 0.29) is 17.7 Å². The second-order valence-corrected chi connectivity index (χ2v) is 5.17. The molecule has 0 aliphatic carbocycles. The average molecular weight is 267 g/mol. The molecule has 2 N–H and O–H groups in total. The quantitative estimate of drug-likeness (QED) is 0.763. The van der Waals surface area contributed by atoms with Gasteiger partial charge in [-0.2, -0.15) is 0 Å². The van der Waals surface area contributed by atoms with E-state index < -0.39 is 12.9 Å². The van der Waals surface area contributed by atoms with Crippen molar-refractivity contribution in [3.63, 3.8) is 0 Å². The minimum Gasteiger partial charge on any atom is -0.423 e. The number of halogens is 1. The Hall–Kier alpha value is -0.945. The lowest BCUT2D eigenvalue weighted by Gasteiger charge is -2.35. The van der Waals surface area contributed by atoms with E-state index in [1.54, 1.807) is 6.07 Å². The van der Waals surface area contributed by atoms with Gasteiger partial charge in [-0.25, -0.2) is 4.39 Å². The van der Waals surface area contributed by atoms with Crippen LogP contribution < -0.4 is 5.46 Å². The largest absolute Gasteiger partial charge is 0.488 e. The Labute approximate surface area is 113 Å². The smallest absolute Gasteiger partial charge is 0.423 e. The van der Waals surface area contributed by atoms with Crippen LogP contribution in [-0.4, -0.2) is 47.4 Å². The van der Waals surface area contributed by atoms with Crippen LogP contribution in [0, 0.1) is 5.82 Å². The van der Waals surface area contributed by atoms with Crippen LogP contribution >= 0.6 is 0 Å². The van der Waals surface area contributed by atoms with Crippen LogP contribution in [-0.2, 0) is 11.3 Å². The van der Waals surface area contributed by atoms with Gasteiger partial charge in [0.05, 0.1) is 12.2 Å². The van der Waals surface area contributed by atoms with E-state index >= 15 is 0 Å². The van der Waals surface area contributed by atoms with Gasteiger partial charge in [0, 0.05) is 19.6 Å². The topological polar surface area (TPSA) is 52.9 Å². The Morgan fingerprint density at radius 3 is 2.53 bits per heavy atom. The Kier molecular flexibility index (Phi) is 4.57. The third-order valence-electron chi connectivity index (χ3n) is 3.28. The number of ether oxygens (including phenoxy) is 1. The molecule has 0 amide bonds. The van der Waals surface area contributed by atoms with Gasteiger partial charge in [0.2, 0.25) is 0 Å². The third-order valence-corrected chi connectivity index (χ3v) is 3.28. The molecule has 0 radical (unpaired) electrons. The van der Waals surface area contributed by atoms with Crippen molar-refractivity contribution in [1.29, 1.82) is 0 Å². The maximum atomic E-state index is 13.2. The molecule has 104 valence electrons. The average Bonchev–Trinajstić information content (AvgIpc) is 2.30. The summed E-state index contributed by atoms with van der Waals surface area (Å²) in [6.45, 7) is 6.14. The van der Waals surface area contributed by atoms with Crippen molar-refractivity contribution in [3.8, 4) is 0 Å². The van der Waals surface area contributed by atoms with Gasteiger partial charge < -0.3 is 14.8 Å². The van der Waals surface area contributed by atoms with E-state index in [4.69, 9.17) is 4.74 Å². The second-order valence-electron chi connectivity index (χ2n) is 5.17. The standard InChI is InChI=1S/C13H19BFNO3/c1-9-6-16(7-10(2)19-9)8-11-3-4-12(15)5-13(11)14(17)18/h3-5,9-10,17-18H,6-8H2,1-2H3. The van der Waals surface area contributed by atoms with E-state index in [0.717, 1.165) is 18.7 Å². The molecule has 19 heavy (non-hydrogen) atoms. The molecule has 2 rings (SSSR count). The van der Waals surface area contributed by atoms with Crippen molar-refractivity contribution in [2.24, 2.45) is 0 Å². The van der Waals surface area contributed by atoms with Crippen molar-refractivity contribution in [3.05, 3.63) is 29.6 Å². The van der Waals surface area contributed by atoms with Crippen LogP contribution in [0.2, 0.25) is 0 Å². The van der Waals surface area contributed by atoms with Crippen LogP contribution in [0.1, 0.15) is 19.4 Å². The minimum atomic E-state index is -1.65. The highest BCUT2D eigenvalue weighted by atomic mass is 19.1. The number of nitrogens with zero attached hydrogens (tertiary/aromatic N) is 1. The van der Waals surface area contributed by atoms with Gasteiger partial charge in [-0.1, -0.05) is 6.07 Å². The maximum absolute atomic E-state index is 13.2. The minimum absolute atomic E-state index is 0.145. The molecule has 1 aliphatic rings. The van der Waals surface area contributed by atoms with Crippen LogP contribution in [0.15, 0.2) is 18.2 Å². The highest BCUT2D eigenvalue weighted by molar-refractivity contribution is 6.59. The van der Waals surface area contributed by atoms with Gasteiger partial charge in [0.25, 0.3) is 0 Å². The van der Waals surface area contributed by atoms with Gasteiger partial charge in [0.15, 0.2) is 0 Å².